The molecule has 1 N–H and O–H groups in total. The van der Waals surface area contributed by atoms with Crippen LogP contribution in [0, 0.1) is 0 Å². The number of rotatable bonds is 6. The predicted molar refractivity (Wildman–Crippen MR) is 122 cm³/mol. The van der Waals surface area contributed by atoms with Gasteiger partial charge in [-0.15, -0.1) is 0 Å². The lowest BCUT2D eigenvalue weighted by Crippen LogP contribution is -2.46. The zero-order chi connectivity index (χ0) is 20.8. The van der Waals surface area contributed by atoms with Gasteiger partial charge in [0, 0.05) is 25.2 Å². The van der Waals surface area contributed by atoms with E-state index in [2.05, 4.69) is 47.5 Å². The van der Waals surface area contributed by atoms with Gasteiger partial charge in [0.25, 0.3) is 0 Å². The van der Waals surface area contributed by atoms with E-state index in [-0.39, 0.29) is 17.9 Å². The fourth-order valence-corrected chi connectivity index (χ4v) is 4.44. The third kappa shape index (κ3) is 4.80. The number of piperidine rings is 1. The largest absolute Gasteiger partial charge is 0.352 e. The average molecular weight is 399 g/mol. The van der Waals surface area contributed by atoms with Gasteiger partial charge in [0.1, 0.15) is 0 Å². The molecule has 0 bridgehead atoms. The smallest absolute Gasteiger partial charge is 0.232 e. The van der Waals surface area contributed by atoms with Crippen molar-refractivity contribution in [3.05, 3.63) is 108 Å². The highest BCUT2D eigenvalue weighted by molar-refractivity contribution is 5.87. The maximum Gasteiger partial charge on any atom is 0.232 e. The van der Waals surface area contributed by atoms with Crippen LogP contribution in [0.15, 0.2) is 91.0 Å². The highest BCUT2D eigenvalue weighted by atomic mass is 16.1. The summed E-state index contributed by atoms with van der Waals surface area (Å²) in [6, 6.07) is 31.5. The molecule has 1 fully saturated rings. The summed E-state index contributed by atoms with van der Waals surface area (Å²) in [5.41, 5.74) is 3.43. The highest BCUT2D eigenvalue weighted by Gasteiger charge is 2.28. The van der Waals surface area contributed by atoms with Crippen LogP contribution < -0.4 is 5.32 Å². The van der Waals surface area contributed by atoms with Crippen LogP contribution in [0.3, 0.4) is 0 Å². The Hall–Kier alpha value is -2.91. The number of nitrogens with zero attached hydrogens (tertiary/aromatic N) is 1. The van der Waals surface area contributed by atoms with Crippen LogP contribution in [-0.4, -0.2) is 29.9 Å². The molecule has 1 amide bonds. The topological polar surface area (TPSA) is 32.3 Å². The molecule has 1 saturated heterocycles. The molecule has 0 radical (unpaired) electrons. The molecule has 0 spiro atoms. The van der Waals surface area contributed by atoms with Crippen molar-refractivity contribution in [2.24, 2.45) is 0 Å². The molecule has 0 saturated carbocycles. The summed E-state index contributed by atoms with van der Waals surface area (Å²) in [6.07, 6.45) is 1.97. The molecular weight excluding hydrogens is 368 g/mol. The van der Waals surface area contributed by atoms with Crippen molar-refractivity contribution in [3.63, 3.8) is 0 Å². The van der Waals surface area contributed by atoms with Gasteiger partial charge in [0.15, 0.2) is 0 Å². The Kier molecular flexibility index (Phi) is 6.60. The van der Waals surface area contributed by atoms with Crippen molar-refractivity contribution in [2.45, 2.75) is 37.8 Å². The Balaban J connectivity index is 1.40. The summed E-state index contributed by atoms with van der Waals surface area (Å²) >= 11 is 0. The minimum Gasteiger partial charge on any atom is -0.352 e. The molecule has 1 aliphatic heterocycles. The second-order valence-electron chi connectivity index (χ2n) is 8.16. The van der Waals surface area contributed by atoms with Crippen LogP contribution in [0.5, 0.6) is 0 Å². The maximum absolute atomic E-state index is 13.3. The monoisotopic (exact) mass is 398 g/mol. The summed E-state index contributed by atoms with van der Waals surface area (Å²) in [5.74, 6) is -0.171. The summed E-state index contributed by atoms with van der Waals surface area (Å²) < 4.78 is 0. The molecule has 0 aliphatic carbocycles. The van der Waals surface area contributed by atoms with E-state index in [0.717, 1.165) is 37.1 Å². The fourth-order valence-electron chi connectivity index (χ4n) is 4.44. The number of likely N-dealkylation sites (tertiary alicyclic amines) is 1. The zero-order valence-corrected chi connectivity index (χ0v) is 17.6. The first kappa shape index (κ1) is 20.4. The number of hydrogen-bond acceptors (Lipinski definition) is 2. The Morgan fingerprint density at radius 3 is 1.67 bits per heavy atom. The molecule has 1 aliphatic rings. The van der Waals surface area contributed by atoms with Crippen molar-refractivity contribution in [2.75, 3.05) is 13.1 Å². The van der Waals surface area contributed by atoms with Gasteiger partial charge in [-0.1, -0.05) is 91.0 Å². The molecule has 3 aromatic carbocycles. The summed E-state index contributed by atoms with van der Waals surface area (Å²) in [5, 5.41) is 3.35. The standard InChI is InChI=1S/C27H30N2O/c1-21(22-11-5-2-6-12-22)29-19-17-25(18-20-29)28-27(30)26(23-13-7-3-8-14-23)24-15-9-4-10-16-24/h2-16,21,25-26H,17-20H2,1H3,(H,28,30). The third-order valence-electron chi connectivity index (χ3n) is 6.23. The maximum atomic E-state index is 13.3. The second kappa shape index (κ2) is 9.73. The van der Waals surface area contributed by atoms with Gasteiger partial charge >= 0.3 is 0 Å². The summed E-state index contributed by atoms with van der Waals surface area (Å²) in [6.45, 7) is 4.28. The van der Waals surface area contributed by atoms with Gasteiger partial charge < -0.3 is 5.32 Å². The van der Waals surface area contributed by atoms with E-state index >= 15 is 0 Å². The molecular formula is C27H30N2O. The second-order valence-corrected chi connectivity index (χ2v) is 8.16. The first-order valence-corrected chi connectivity index (χ1v) is 10.9. The molecule has 1 heterocycles. The summed E-state index contributed by atoms with van der Waals surface area (Å²) in [7, 11) is 0. The molecule has 3 nitrogen and oxygen atoms in total. The summed E-state index contributed by atoms with van der Waals surface area (Å²) in [4.78, 5) is 15.8. The predicted octanol–water partition coefficient (Wildman–Crippen LogP) is 5.16. The van der Waals surface area contributed by atoms with Gasteiger partial charge in [-0.2, -0.15) is 0 Å². The van der Waals surface area contributed by atoms with Crippen LogP contribution >= 0.6 is 0 Å². The lowest BCUT2D eigenvalue weighted by atomic mass is 9.90. The van der Waals surface area contributed by atoms with Crippen molar-refractivity contribution in [1.82, 2.24) is 10.2 Å². The van der Waals surface area contributed by atoms with E-state index in [1.54, 1.807) is 0 Å². The Morgan fingerprint density at radius 2 is 1.20 bits per heavy atom. The first-order valence-electron chi connectivity index (χ1n) is 10.9. The number of carbonyl (C=O) groups is 1. The molecule has 30 heavy (non-hydrogen) atoms. The average Bonchev–Trinajstić information content (AvgIpc) is 2.81. The van der Waals surface area contributed by atoms with E-state index in [1.807, 2.05) is 60.7 Å². The lowest BCUT2D eigenvalue weighted by Gasteiger charge is -2.37. The van der Waals surface area contributed by atoms with Gasteiger partial charge in [-0.25, -0.2) is 0 Å². The van der Waals surface area contributed by atoms with Crippen LogP contribution in [0.2, 0.25) is 0 Å². The van der Waals surface area contributed by atoms with E-state index < -0.39 is 0 Å². The molecule has 3 heteroatoms. The molecule has 1 unspecified atom stereocenters. The Labute approximate surface area is 179 Å². The van der Waals surface area contributed by atoms with Crippen molar-refractivity contribution in [1.29, 1.82) is 0 Å². The molecule has 3 aromatic rings. The number of amides is 1. The van der Waals surface area contributed by atoms with Crippen LogP contribution in [0.4, 0.5) is 0 Å². The number of carbonyl (C=O) groups excluding carboxylic acids is 1. The highest BCUT2D eigenvalue weighted by Crippen LogP contribution is 2.27. The number of nitrogens with one attached hydrogen (secondary N) is 1. The van der Waals surface area contributed by atoms with Crippen molar-refractivity contribution in [3.8, 4) is 0 Å². The zero-order valence-electron chi connectivity index (χ0n) is 17.6. The van der Waals surface area contributed by atoms with Gasteiger partial charge in [0.2, 0.25) is 5.91 Å². The minimum absolute atomic E-state index is 0.0990. The van der Waals surface area contributed by atoms with Crippen molar-refractivity contribution >= 4 is 5.91 Å². The fraction of sp³-hybridized carbons (Fsp3) is 0.296. The Morgan fingerprint density at radius 1 is 0.767 bits per heavy atom. The van der Waals surface area contributed by atoms with E-state index in [9.17, 15) is 4.79 Å². The van der Waals surface area contributed by atoms with Crippen LogP contribution in [-0.2, 0) is 4.79 Å². The molecule has 1 atom stereocenters. The van der Waals surface area contributed by atoms with Crippen LogP contribution in [0.25, 0.3) is 0 Å². The minimum atomic E-state index is -0.270. The molecule has 0 aromatic heterocycles. The van der Waals surface area contributed by atoms with Gasteiger partial charge in [-0.05, 0) is 36.5 Å². The number of benzene rings is 3. The van der Waals surface area contributed by atoms with Crippen molar-refractivity contribution < 1.29 is 4.79 Å². The van der Waals surface area contributed by atoms with Gasteiger partial charge in [-0.3, -0.25) is 9.69 Å². The quantitative estimate of drug-likeness (QED) is 0.622. The molecule has 154 valence electrons. The number of hydrogen-bond donors (Lipinski definition) is 1. The first-order chi connectivity index (χ1) is 14.7. The Bertz CT molecular complexity index is 879. The van der Waals surface area contributed by atoms with E-state index in [4.69, 9.17) is 0 Å². The van der Waals surface area contributed by atoms with Gasteiger partial charge in [0.05, 0.1) is 5.92 Å². The SMILES string of the molecule is CC(c1ccccc1)N1CCC(NC(=O)C(c2ccccc2)c2ccccc2)CC1. The molecule has 4 rings (SSSR count). The third-order valence-corrected chi connectivity index (χ3v) is 6.23. The van der Waals surface area contributed by atoms with Crippen LogP contribution in [0.1, 0.15) is 48.4 Å². The van der Waals surface area contributed by atoms with E-state index in [1.165, 1.54) is 5.56 Å². The van der Waals surface area contributed by atoms with E-state index in [0.29, 0.717) is 6.04 Å². The normalized spacial score (nSPS) is 16.3. The lowest BCUT2D eigenvalue weighted by molar-refractivity contribution is -0.122.